The summed E-state index contributed by atoms with van der Waals surface area (Å²) in [4.78, 5) is 28.7. The SMILES string of the molecule is O=C(CSc1ccc(Cl)cc1)NC(Cc1ccco1)C(=O)N1CCC(O)(c2ccc(Cl)cc2)CC1. The minimum absolute atomic E-state index is 0.167. The Balaban J connectivity index is 1.38. The molecule has 0 radical (unpaired) electrons. The summed E-state index contributed by atoms with van der Waals surface area (Å²) in [6.45, 7) is 0.754. The molecule has 6 nitrogen and oxygen atoms in total. The Bertz CT molecular complexity index is 1130. The number of furan rings is 1. The van der Waals surface area contributed by atoms with Gasteiger partial charge in [-0.05, 0) is 66.9 Å². The van der Waals surface area contributed by atoms with Crippen LogP contribution in [0.15, 0.2) is 76.2 Å². The third-order valence-corrected chi connectivity index (χ3v) is 7.60. The van der Waals surface area contributed by atoms with Gasteiger partial charge in [-0.15, -0.1) is 11.8 Å². The monoisotopic (exact) mass is 532 g/mol. The lowest BCUT2D eigenvalue weighted by molar-refractivity contribution is -0.140. The van der Waals surface area contributed by atoms with Crippen LogP contribution in [0.5, 0.6) is 0 Å². The predicted octanol–water partition coefficient (Wildman–Crippen LogP) is 4.92. The molecular weight excluding hydrogens is 507 g/mol. The molecule has 1 atom stereocenters. The largest absolute Gasteiger partial charge is 0.469 e. The molecule has 0 aliphatic carbocycles. The zero-order chi connectivity index (χ0) is 24.8. The molecular formula is C26H26Cl2N2O4S. The van der Waals surface area contributed by atoms with Crippen molar-refractivity contribution < 1.29 is 19.1 Å². The number of aliphatic hydroxyl groups is 1. The second-order valence-corrected chi connectivity index (χ2v) is 10.4. The molecule has 0 saturated carbocycles. The maximum Gasteiger partial charge on any atom is 0.245 e. The first-order valence-corrected chi connectivity index (χ1v) is 13.0. The molecule has 1 fully saturated rings. The Hall–Kier alpha value is -2.45. The number of halogens is 2. The Morgan fingerprint density at radius 3 is 2.26 bits per heavy atom. The minimum Gasteiger partial charge on any atom is -0.469 e. The van der Waals surface area contributed by atoms with Crippen LogP contribution in [0.2, 0.25) is 10.0 Å². The number of hydrogen-bond donors (Lipinski definition) is 2. The summed E-state index contributed by atoms with van der Waals surface area (Å²) in [7, 11) is 0. The first-order chi connectivity index (χ1) is 16.8. The van der Waals surface area contributed by atoms with Gasteiger partial charge in [-0.3, -0.25) is 9.59 Å². The van der Waals surface area contributed by atoms with E-state index in [9.17, 15) is 14.7 Å². The van der Waals surface area contributed by atoms with E-state index in [1.807, 2.05) is 24.3 Å². The van der Waals surface area contributed by atoms with Crippen molar-refractivity contribution in [3.8, 4) is 0 Å². The smallest absolute Gasteiger partial charge is 0.245 e. The number of thioether (sulfide) groups is 1. The topological polar surface area (TPSA) is 82.8 Å². The van der Waals surface area contributed by atoms with E-state index >= 15 is 0 Å². The number of piperidine rings is 1. The van der Waals surface area contributed by atoms with Crippen molar-refractivity contribution >= 4 is 46.8 Å². The molecule has 1 aliphatic rings. The normalized spacial score (nSPS) is 16.0. The molecule has 2 aromatic carbocycles. The number of hydrogen-bond acceptors (Lipinski definition) is 5. The summed E-state index contributed by atoms with van der Waals surface area (Å²) in [5.74, 6) is 0.345. The average Bonchev–Trinajstić information content (AvgIpc) is 3.37. The molecule has 2 heterocycles. The molecule has 2 amide bonds. The van der Waals surface area contributed by atoms with Crippen molar-refractivity contribution in [1.29, 1.82) is 0 Å². The highest BCUT2D eigenvalue weighted by Crippen LogP contribution is 2.33. The highest BCUT2D eigenvalue weighted by atomic mass is 35.5. The van der Waals surface area contributed by atoms with Crippen LogP contribution in [0.4, 0.5) is 0 Å². The molecule has 2 N–H and O–H groups in total. The Morgan fingerprint density at radius 1 is 1.03 bits per heavy atom. The maximum atomic E-state index is 13.4. The van der Waals surface area contributed by atoms with Crippen molar-refractivity contribution in [1.82, 2.24) is 10.2 Å². The van der Waals surface area contributed by atoms with Crippen molar-refractivity contribution in [2.24, 2.45) is 0 Å². The van der Waals surface area contributed by atoms with Crippen LogP contribution >= 0.6 is 35.0 Å². The minimum atomic E-state index is -1.02. The molecule has 35 heavy (non-hydrogen) atoms. The van der Waals surface area contributed by atoms with Gasteiger partial charge in [0.15, 0.2) is 0 Å². The molecule has 1 saturated heterocycles. The molecule has 184 valence electrons. The van der Waals surface area contributed by atoms with Gasteiger partial charge in [0, 0.05) is 34.5 Å². The van der Waals surface area contributed by atoms with Crippen molar-refractivity contribution in [2.45, 2.75) is 35.8 Å². The van der Waals surface area contributed by atoms with Crippen LogP contribution in [0, 0.1) is 0 Å². The molecule has 1 aliphatic heterocycles. The number of nitrogens with one attached hydrogen (secondary N) is 1. The van der Waals surface area contributed by atoms with Gasteiger partial charge in [0.1, 0.15) is 11.8 Å². The summed E-state index contributed by atoms with van der Waals surface area (Å²) < 4.78 is 5.43. The van der Waals surface area contributed by atoms with E-state index in [1.54, 1.807) is 47.6 Å². The van der Waals surface area contributed by atoms with E-state index in [2.05, 4.69) is 5.32 Å². The average molecular weight is 533 g/mol. The lowest BCUT2D eigenvalue weighted by atomic mass is 9.84. The van der Waals surface area contributed by atoms with Crippen LogP contribution in [-0.4, -0.2) is 46.7 Å². The van der Waals surface area contributed by atoms with Gasteiger partial charge in [0.2, 0.25) is 11.8 Å². The summed E-state index contributed by atoms with van der Waals surface area (Å²) in [5, 5.41) is 15.3. The quantitative estimate of drug-likeness (QED) is 0.402. The van der Waals surface area contributed by atoms with Gasteiger partial charge in [0.05, 0.1) is 17.6 Å². The number of carbonyl (C=O) groups is 2. The number of likely N-dealkylation sites (tertiary alicyclic amines) is 1. The highest BCUT2D eigenvalue weighted by Gasteiger charge is 2.37. The Labute approximate surface area is 218 Å². The van der Waals surface area contributed by atoms with E-state index in [4.69, 9.17) is 27.6 Å². The molecule has 0 spiro atoms. The first-order valence-electron chi connectivity index (χ1n) is 11.3. The standard InChI is InChI=1S/C26H26Cl2N2O4S/c27-19-5-3-18(4-6-19)26(33)11-13-30(14-12-26)25(32)23(16-21-2-1-15-34-21)29-24(31)17-35-22-9-7-20(28)8-10-22/h1-10,15,23,33H,11-14,16-17H2,(H,29,31). The van der Waals surface area contributed by atoms with E-state index in [1.165, 1.54) is 11.8 Å². The fourth-order valence-electron chi connectivity index (χ4n) is 4.11. The van der Waals surface area contributed by atoms with Crippen LogP contribution in [0.25, 0.3) is 0 Å². The molecule has 4 rings (SSSR count). The molecule has 3 aromatic rings. The second kappa shape index (κ2) is 11.5. The van der Waals surface area contributed by atoms with Gasteiger partial charge in [-0.2, -0.15) is 0 Å². The zero-order valence-electron chi connectivity index (χ0n) is 19.0. The third kappa shape index (κ3) is 6.82. The van der Waals surface area contributed by atoms with Gasteiger partial charge < -0.3 is 19.7 Å². The lowest BCUT2D eigenvalue weighted by Gasteiger charge is -2.39. The van der Waals surface area contributed by atoms with Crippen molar-refractivity contribution in [3.05, 3.63) is 88.3 Å². The van der Waals surface area contributed by atoms with Gasteiger partial charge in [-0.1, -0.05) is 35.3 Å². The van der Waals surface area contributed by atoms with Crippen LogP contribution in [-0.2, 0) is 21.6 Å². The summed E-state index contributed by atoms with van der Waals surface area (Å²) >= 11 is 13.3. The fourth-order valence-corrected chi connectivity index (χ4v) is 5.07. The zero-order valence-corrected chi connectivity index (χ0v) is 21.3. The highest BCUT2D eigenvalue weighted by molar-refractivity contribution is 8.00. The summed E-state index contributed by atoms with van der Waals surface area (Å²) in [6, 6.07) is 17.2. The maximum absolute atomic E-state index is 13.4. The van der Waals surface area contributed by atoms with Gasteiger partial charge in [-0.25, -0.2) is 0 Å². The third-order valence-electron chi connectivity index (χ3n) is 6.09. The number of nitrogens with zero attached hydrogens (tertiary/aromatic N) is 1. The predicted molar refractivity (Wildman–Crippen MR) is 138 cm³/mol. The Kier molecular flexibility index (Phi) is 8.44. The Morgan fingerprint density at radius 2 is 1.66 bits per heavy atom. The van der Waals surface area contributed by atoms with Gasteiger partial charge in [0.25, 0.3) is 0 Å². The second-order valence-electron chi connectivity index (χ2n) is 8.51. The summed E-state index contributed by atoms with van der Waals surface area (Å²) in [6.07, 6.45) is 2.59. The van der Waals surface area contributed by atoms with Crippen LogP contribution < -0.4 is 5.32 Å². The van der Waals surface area contributed by atoms with E-state index < -0.39 is 11.6 Å². The van der Waals surface area contributed by atoms with E-state index in [-0.39, 0.29) is 24.0 Å². The van der Waals surface area contributed by atoms with Crippen LogP contribution in [0.3, 0.4) is 0 Å². The molecule has 1 unspecified atom stereocenters. The van der Waals surface area contributed by atoms with Crippen molar-refractivity contribution in [3.63, 3.8) is 0 Å². The lowest BCUT2D eigenvalue weighted by Crippen LogP contribution is -2.53. The van der Waals surface area contributed by atoms with E-state index in [0.29, 0.717) is 41.7 Å². The summed E-state index contributed by atoms with van der Waals surface area (Å²) in [5.41, 5.74) is -0.232. The fraction of sp³-hybridized carbons (Fsp3) is 0.308. The molecule has 9 heteroatoms. The van der Waals surface area contributed by atoms with Crippen LogP contribution in [0.1, 0.15) is 24.2 Å². The number of amides is 2. The number of benzene rings is 2. The first kappa shape index (κ1) is 25.6. The van der Waals surface area contributed by atoms with Crippen molar-refractivity contribution in [2.75, 3.05) is 18.8 Å². The number of rotatable bonds is 8. The van der Waals surface area contributed by atoms with Gasteiger partial charge >= 0.3 is 0 Å². The number of carbonyl (C=O) groups excluding carboxylic acids is 2. The van der Waals surface area contributed by atoms with E-state index in [0.717, 1.165) is 10.5 Å². The molecule has 1 aromatic heterocycles. The molecule has 0 bridgehead atoms.